The SMILES string of the molecule is CCO[C@@H]1OC(C(=O)NCCNc2ccc([N+](=O)[O-])cn2)=C[C@H](c2ccsc2)[C@@H]1CCCO. The van der Waals surface area contributed by atoms with Gasteiger partial charge in [-0.3, -0.25) is 14.9 Å². The second kappa shape index (κ2) is 12.3. The zero-order valence-electron chi connectivity index (χ0n) is 18.3. The molecular formula is C22H28N4O6S. The van der Waals surface area contributed by atoms with Crippen LogP contribution in [0.25, 0.3) is 0 Å². The zero-order chi connectivity index (χ0) is 23.6. The highest BCUT2D eigenvalue weighted by molar-refractivity contribution is 7.08. The number of amides is 1. The molecule has 3 atom stereocenters. The maximum absolute atomic E-state index is 12.8. The molecule has 10 nitrogen and oxygen atoms in total. The number of rotatable bonds is 12. The Balaban J connectivity index is 1.62. The predicted octanol–water partition coefficient (Wildman–Crippen LogP) is 3.03. The van der Waals surface area contributed by atoms with Gasteiger partial charge in [0, 0.05) is 44.2 Å². The molecule has 0 fully saturated rings. The number of carbonyl (C=O) groups is 1. The second-order valence-corrected chi connectivity index (χ2v) is 8.21. The van der Waals surface area contributed by atoms with Crippen LogP contribution >= 0.6 is 11.3 Å². The van der Waals surface area contributed by atoms with Crippen molar-refractivity contribution in [3.05, 3.63) is 62.7 Å². The highest BCUT2D eigenvalue weighted by Gasteiger charge is 2.37. The number of thiophene rings is 1. The highest BCUT2D eigenvalue weighted by Crippen LogP contribution is 2.40. The molecular weight excluding hydrogens is 448 g/mol. The molecule has 0 radical (unpaired) electrons. The molecule has 1 aliphatic heterocycles. The first-order valence-electron chi connectivity index (χ1n) is 10.8. The molecule has 0 unspecified atom stereocenters. The molecule has 178 valence electrons. The van der Waals surface area contributed by atoms with Crippen molar-refractivity contribution in [2.75, 3.05) is 31.6 Å². The average molecular weight is 477 g/mol. The third kappa shape index (κ3) is 6.73. The van der Waals surface area contributed by atoms with Gasteiger partial charge in [0.15, 0.2) is 5.76 Å². The first kappa shape index (κ1) is 24.6. The Morgan fingerprint density at radius 2 is 2.21 bits per heavy atom. The Hall–Kier alpha value is -3.02. The number of aliphatic hydroxyl groups is 1. The fourth-order valence-corrected chi connectivity index (χ4v) is 4.37. The van der Waals surface area contributed by atoms with E-state index >= 15 is 0 Å². The smallest absolute Gasteiger partial charge is 0.287 e. The lowest BCUT2D eigenvalue weighted by molar-refractivity contribution is -0.385. The molecule has 0 aromatic carbocycles. The molecule has 3 N–H and O–H groups in total. The predicted molar refractivity (Wildman–Crippen MR) is 124 cm³/mol. The molecule has 0 saturated heterocycles. The van der Waals surface area contributed by atoms with Gasteiger partial charge >= 0.3 is 0 Å². The molecule has 1 aliphatic rings. The van der Waals surface area contributed by atoms with E-state index in [0.717, 1.165) is 5.56 Å². The molecule has 0 spiro atoms. The minimum Gasteiger partial charge on any atom is -0.459 e. The fourth-order valence-electron chi connectivity index (χ4n) is 3.66. The molecule has 0 aliphatic carbocycles. The Bertz CT molecular complexity index is 935. The van der Waals surface area contributed by atoms with E-state index in [9.17, 15) is 20.0 Å². The van der Waals surface area contributed by atoms with Gasteiger partial charge in [-0.15, -0.1) is 0 Å². The largest absolute Gasteiger partial charge is 0.459 e. The summed E-state index contributed by atoms with van der Waals surface area (Å²) in [6.07, 6.45) is 3.75. The van der Waals surface area contributed by atoms with Crippen molar-refractivity contribution in [2.45, 2.75) is 32.0 Å². The highest BCUT2D eigenvalue weighted by atomic mass is 32.1. The van der Waals surface area contributed by atoms with Crippen molar-refractivity contribution in [1.29, 1.82) is 0 Å². The molecule has 33 heavy (non-hydrogen) atoms. The van der Waals surface area contributed by atoms with Gasteiger partial charge in [-0.2, -0.15) is 11.3 Å². The number of ether oxygens (including phenoxy) is 2. The van der Waals surface area contributed by atoms with Gasteiger partial charge in [0.2, 0.25) is 6.29 Å². The number of hydrogen-bond donors (Lipinski definition) is 3. The number of nitro groups is 1. The zero-order valence-corrected chi connectivity index (χ0v) is 19.1. The maximum atomic E-state index is 12.8. The number of hydrogen-bond acceptors (Lipinski definition) is 9. The third-order valence-corrected chi connectivity index (χ3v) is 5.94. The summed E-state index contributed by atoms with van der Waals surface area (Å²) >= 11 is 1.59. The third-order valence-electron chi connectivity index (χ3n) is 5.24. The lowest BCUT2D eigenvalue weighted by atomic mass is 9.81. The Kier molecular flexibility index (Phi) is 9.16. The van der Waals surface area contributed by atoms with Gasteiger partial charge in [0.1, 0.15) is 12.0 Å². The van der Waals surface area contributed by atoms with Gasteiger partial charge in [0.05, 0.1) is 4.92 Å². The van der Waals surface area contributed by atoms with Gasteiger partial charge < -0.3 is 25.2 Å². The van der Waals surface area contributed by atoms with E-state index in [1.807, 2.05) is 24.4 Å². The van der Waals surface area contributed by atoms with Gasteiger partial charge in [-0.05, 0) is 54.3 Å². The van der Waals surface area contributed by atoms with E-state index < -0.39 is 11.2 Å². The van der Waals surface area contributed by atoms with Crippen LogP contribution < -0.4 is 10.6 Å². The standard InChI is InChI=1S/C22H28N4O6S/c1-2-31-22-17(4-3-10-27)18(15-7-11-33-14-15)12-19(32-22)21(28)24-9-8-23-20-6-5-16(13-25-20)26(29)30/h5-7,11-14,17-18,22,27H,2-4,8-10H2,1H3,(H,23,25)(H,24,28)/t17-,18+,22+/m0/s1. The number of nitrogens with one attached hydrogen (secondary N) is 2. The molecule has 3 heterocycles. The Labute approximate surface area is 195 Å². The first-order chi connectivity index (χ1) is 16.0. The van der Waals surface area contributed by atoms with Crippen molar-refractivity contribution in [1.82, 2.24) is 10.3 Å². The molecule has 2 aromatic heterocycles. The van der Waals surface area contributed by atoms with Crippen molar-refractivity contribution in [3.63, 3.8) is 0 Å². The van der Waals surface area contributed by atoms with Crippen LogP contribution in [0, 0.1) is 16.0 Å². The van der Waals surface area contributed by atoms with Crippen LogP contribution in [0.4, 0.5) is 11.5 Å². The maximum Gasteiger partial charge on any atom is 0.287 e. The van der Waals surface area contributed by atoms with E-state index in [0.29, 0.717) is 38.4 Å². The van der Waals surface area contributed by atoms with Crippen molar-refractivity contribution >= 4 is 28.7 Å². The lowest BCUT2D eigenvalue weighted by Crippen LogP contribution is -2.39. The average Bonchev–Trinajstić information content (AvgIpc) is 3.36. The van der Waals surface area contributed by atoms with E-state index in [1.54, 1.807) is 11.3 Å². The number of anilines is 1. The van der Waals surface area contributed by atoms with Crippen molar-refractivity contribution in [2.24, 2.45) is 5.92 Å². The molecule has 11 heteroatoms. The van der Waals surface area contributed by atoms with Gasteiger partial charge in [0.25, 0.3) is 11.6 Å². The van der Waals surface area contributed by atoms with Crippen molar-refractivity contribution in [3.8, 4) is 0 Å². The van der Waals surface area contributed by atoms with Crippen LogP contribution in [-0.4, -0.2) is 53.5 Å². The number of aliphatic hydroxyl groups excluding tert-OH is 1. The summed E-state index contributed by atoms with van der Waals surface area (Å²) in [6.45, 7) is 3.08. The summed E-state index contributed by atoms with van der Waals surface area (Å²) < 4.78 is 11.8. The molecule has 3 rings (SSSR count). The molecule has 2 aromatic rings. The van der Waals surface area contributed by atoms with E-state index in [1.165, 1.54) is 18.3 Å². The summed E-state index contributed by atoms with van der Waals surface area (Å²) in [7, 11) is 0. The summed E-state index contributed by atoms with van der Waals surface area (Å²) in [5, 5.41) is 29.9. The fraction of sp³-hybridized carbons (Fsp3) is 0.455. The summed E-state index contributed by atoms with van der Waals surface area (Å²) in [4.78, 5) is 27.0. The first-order valence-corrected chi connectivity index (χ1v) is 11.7. The number of pyridine rings is 1. The quantitative estimate of drug-likeness (QED) is 0.242. The normalized spacial score (nSPS) is 19.9. The molecule has 0 bridgehead atoms. The molecule has 0 saturated carbocycles. The number of nitrogens with zero attached hydrogens (tertiary/aromatic N) is 2. The minimum absolute atomic E-state index is 0.0156. The number of aromatic nitrogens is 1. The van der Waals surface area contributed by atoms with Crippen LogP contribution in [0.3, 0.4) is 0 Å². The van der Waals surface area contributed by atoms with Crippen LogP contribution in [0.2, 0.25) is 0 Å². The van der Waals surface area contributed by atoms with Crippen LogP contribution in [-0.2, 0) is 14.3 Å². The van der Waals surface area contributed by atoms with Gasteiger partial charge in [-0.1, -0.05) is 0 Å². The van der Waals surface area contributed by atoms with Gasteiger partial charge in [-0.25, -0.2) is 4.98 Å². The van der Waals surface area contributed by atoms with Crippen molar-refractivity contribution < 1.29 is 24.3 Å². The Morgan fingerprint density at radius 1 is 1.36 bits per heavy atom. The summed E-state index contributed by atoms with van der Waals surface area (Å²) in [5.41, 5.74) is 1.00. The van der Waals surface area contributed by atoms with Crippen LogP contribution in [0.15, 0.2) is 47.0 Å². The minimum atomic E-state index is -0.584. The Morgan fingerprint density at radius 3 is 2.85 bits per heavy atom. The second-order valence-electron chi connectivity index (χ2n) is 7.43. The molecule has 1 amide bonds. The monoisotopic (exact) mass is 476 g/mol. The summed E-state index contributed by atoms with van der Waals surface area (Å²) in [5.74, 6) is 0.260. The van der Waals surface area contributed by atoms with Crippen LogP contribution in [0.5, 0.6) is 0 Å². The van der Waals surface area contributed by atoms with Crippen LogP contribution in [0.1, 0.15) is 31.2 Å². The summed E-state index contributed by atoms with van der Waals surface area (Å²) in [6, 6.07) is 4.90. The number of carbonyl (C=O) groups excluding carboxylic acids is 1. The topological polar surface area (TPSA) is 136 Å². The van der Waals surface area contributed by atoms with E-state index in [4.69, 9.17) is 9.47 Å². The number of allylic oxidation sites excluding steroid dienone is 1. The lowest BCUT2D eigenvalue weighted by Gasteiger charge is -2.36. The van der Waals surface area contributed by atoms with E-state index in [2.05, 4.69) is 21.0 Å². The van der Waals surface area contributed by atoms with E-state index in [-0.39, 0.29) is 35.8 Å².